The fourth-order valence-corrected chi connectivity index (χ4v) is 2.13. The van der Waals surface area contributed by atoms with E-state index >= 15 is 0 Å². The highest BCUT2D eigenvalue weighted by Crippen LogP contribution is 2.28. The van der Waals surface area contributed by atoms with E-state index in [1.54, 1.807) is 13.2 Å². The van der Waals surface area contributed by atoms with Crippen LogP contribution in [0.2, 0.25) is 0 Å². The van der Waals surface area contributed by atoms with Gasteiger partial charge in [-0.1, -0.05) is 12.2 Å². The lowest BCUT2D eigenvalue weighted by atomic mass is 10.2. The van der Waals surface area contributed by atoms with Gasteiger partial charge in [0.05, 0.1) is 24.3 Å². The van der Waals surface area contributed by atoms with E-state index in [2.05, 4.69) is 15.9 Å². The fourth-order valence-electron chi connectivity index (χ4n) is 1.29. The van der Waals surface area contributed by atoms with Crippen LogP contribution in [0, 0.1) is 5.82 Å². The molecule has 1 aromatic carbocycles. The maximum absolute atomic E-state index is 13.9. The standard InChI is InChI=1S/C12H15BrFNO3S/c1-16-4-5-17-6-7-18-9-3-2-8(12(15)19)10(13)11(9)14/h2-3H,4-7H2,1H3,(H2,15,19). The van der Waals surface area contributed by atoms with Crippen molar-refractivity contribution in [2.24, 2.45) is 5.73 Å². The average molecular weight is 352 g/mol. The van der Waals surface area contributed by atoms with Crippen LogP contribution in [0.4, 0.5) is 4.39 Å². The van der Waals surface area contributed by atoms with Gasteiger partial charge in [0.15, 0.2) is 11.6 Å². The summed E-state index contributed by atoms with van der Waals surface area (Å²) in [6.07, 6.45) is 0. The Hall–Kier alpha value is -0.760. The van der Waals surface area contributed by atoms with E-state index in [-0.39, 0.29) is 21.8 Å². The van der Waals surface area contributed by atoms with Gasteiger partial charge in [0.1, 0.15) is 11.6 Å². The van der Waals surface area contributed by atoms with Crippen molar-refractivity contribution in [3.8, 4) is 5.75 Å². The summed E-state index contributed by atoms with van der Waals surface area (Å²) in [5.41, 5.74) is 5.90. The lowest BCUT2D eigenvalue weighted by molar-refractivity contribution is 0.0538. The zero-order chi connectivity index (χ0) is 14.3. The first-order chi connectivity index (χ1) is 9.07. The normalized spacial score (nSPS) is 10.5. The highest BCUT2D eigenvalue weighted by Gasteiger charge is 2.13. The minimum Gasteiger partial charge on any atom is -0.488 e. The fraction of sp³-hybridized carbons (Fsp3) is 0.417. The van der Waals surface area contributed by atoms with Crippen molar-refractivity contribution in [1.29, 1.82) is 0 Å². The third-order valence-corrected chi connectivity index (χ3v) is 3.22. The molecule has 106 valence electrons. The van der Waals surface area contributed by atoms with E-state index < -0.39 is 5.82 Å². The van der Waals surface area contributed by atoms with E-state index in [1.807, 2.05) is 0 Å². The minimum atomic E-state index is -0.526. The Morgan fingerprint density at radius 2 is 2.00 bits per heavy atom. The molecule has 0 unspecified atom stereocenters. The molecular weight excluding hydrogens is 337 g/mol. The maximum atomic E-state index is 13.9. The molecule has 0 aliphatic carbocycles. The molecule has 1 rings (SSSR count). The van der Waals surface area contributed by atoms with Gasteiger partial charge in [-0.3, -0.25) is 0 Å². The number of ether oxygens (including phenoxy) is 3. The van der Waals surface area contributed by atoms with Gasteiger partial charge in [-0.25, -0.2) is 4.39 Å². The molecule has 0 spiro atoms. The lowest BCUT2D eigenvalue weighted by Crippen LogP contribution is -2.13. The van der Waals surface area contributed by atoms with Crippen molar-refractivity contribution in [3.63, 3.8) is 0 Å². The molecule has 0 saturated carbocycles. The second kappa shape index (κ2) is 8.42. The molecule has 0 aliphatic rings. The van der Waals surface area contributed by atoms with E-state index in [1.165, 1.54) is 6.07 Å². The van der Waals surface area contributed by atoms with Crippen LogP contribution in [0.15, 0.2) is 16.6 Å². The predicted octanol–water partition coefficient (Wildman–Crippen LogP) is 2.26. The Kier molecular flexibility index (Phi) is 7.22. The molecule has 1 aromatic rings. The first-order valence-electron chi connectivity index (χ1n) is 5.55. The van der Waals surface area contributed by atoms with E-state index in [9.17, 15) is 4.39 Å². The molecule has 7 heteroatoms. The van der Waals surface area contributed by atoms with Crippen LogP contribution in [-0.4, -0.2) is 38.5 Å². The molecule has 2 N–H and O–H groups in total. The Bertz CT molecular complexity index is 445. The van der Waals surface area contributed by atoms with Crippen LogP contribution >= 0.6 is 28.1 Å². The van der Waals surface area contributed by atoms with Gasteiger partial charge in [0.25, 0.3) is 0 Å². The second-order valence-corrected chi connectivity index (χ2v) is 4.79. The molecule has 0 aliphatic heterocycles. The van der Waals surface area contributed by atoms with Gasteiger partial charge in [-0.2, -0.15) is 0 Å². The average Bonchev–Trinajstić information content (AvgIpc) is 2.38. The summed E-state index contributed by atoms with van der Waals surface area (Å²) in [5.74, 6) is -0.399. The van der Waals surface area contributed by atoms with Crippen LogP contribution in [-0.2, 0) is 9.47 Å². The number of rotatable bonds is 8. The number of methoxy groups -OCH3 is 1. The summed E-state index contributed by atoms with van der Waals surface area (Å²) >= 11 is 7.91. The smallest absolute Gasteiger partial charge is 0.179 e. The molecule has 0 aromatic heterocycles. The van der Waals surface area contributed by atoms with Gasteiger partial charge >= 0.3 is 0 Å². The minimum absolute atomic E-state index is 0.125. The van der Waals surface area contributed by atoms with Crippen LogP contribution in [0.25, 0.3) is 0 Å². The van der Waals surface area contributed by atoms with Gasteiger partial charge in [-0.15, -0.1) is 0 Å². The highest BCUT2D eigenvalue weighted by molar-refractivity contribution is 9.10. The first kappa shape index (κ1) is 16.3. The van der Waals surface area contributed by atoms with E-state index in [0.29, 0.717) is 25.4 Å². The molecule has 4 nitrogen and oxygen atoms in total. The zero-order valence-electron chi connectivity index (χ0n) is 10.4. The highest BCUT2D eigenvalue weighted by atomic mass is 79.9. The number of nitrogens with two attached hydrogens (primary N) is 1. The number of thiocarbonyl (C=S) groups is 1. The Balaban J connectivity index is 2.51. The predicted molar refractivity (Wildman–Crippen MR) is 78.2 cm³/mol. The van der Waals surface area contributed by atoms with Gasteiger partial charge in [0.2, 0.25) is 0 Å². The van der Waals surface area contributed by atoms with Crippen LogP contribution < -0.4 is 10.5 Å². The van der Waals surface area contributed by atoms with Gasteiger partial charge in [-0.05, 0) is 28.1 Å². The third-order valence-electron chi connectivity index (χ3n) is 2.23. The molecule has 0 fully saturated rings. The van der Waals surface area contributed by atoms with Crippen molar-refractivity contribution in [2.75, 3.05) is 33.5 Å². The summed E-state index contributed by atoms with van der Waals surface area (Å²) in [4.78, 5) is 0.125. The Labute approximate surface area is 125 Å². The van der Waals surface area contributed by atoms with Crippen molar-refractivity contribution in [3.05, 3.63) is 28.0 Å². The molecular formula is C12H15BrFNO3S. The zero-order valence-corrected chi connectivity index (χ0v) is 12.9. The van der Waals surface area contributed by atoms with Gasteiger partial charge < -0.3 is 19.9 Å². The van der Waals surface area contributed by atoms with E-state index in [0.717, 1.165) is 0 Å². The largest absolute Gasteiger partial charge is 0.488 e. The molecule has 19 heavy (non-hydrogen) atoms. The second-order valence-electron chi connectivity index (χ2n) is 3.56. The molecule has 0 atom stereocenters. The number of benzene rings is 1. The van der Waals surface area contributed by atoms with Crippen molar-refractivity contribution in [1.82, 2.24) is 0 Å². The molecule has 0 heterocycles. The van der Waals surface area contributed by atoms with Crippen LogP contribution in [0.5, 0.6) is 5.75 Å². The molecule has 0 saturated heterocycles. The topological polar surface area (TPSA) is 53.7 Å². The summed E-state index contributed by atoms with van der Waals surface area (Å²) < 4.78 is 29.4. The van der Waals surface area contributed by atoms with Crippen molar-refractivity contribution >= 4 is 33.1 Å². The Morgan fingerprint density at radius 3 is 2.63 bits per heavy atom. The quantitative estimate of drug-likeness (QED) is 0.575. The number of halogens is 2. The number of hydrogen-bond acceptors (Lipinski definition) is 4. The third kappa shape index (κ3) is 5.02. The number of hydrogen-bond donors (Lipinski definition) is 1. The summed E-state index contributed by atoms with van der Waals surface area (Å²) in [5, 5.41) is 0. The molecule has 0 bridgehead atoms. The molecule has 0 radical (unpaired) electrons. The summed E-state index contributed by atoms with van der Waals surface area (Å²) in [7, 11) is 1.59. The summed E-state index contributed by atoms with van der Waals surface area (Å²) in [6.45, 7) is 1.60. The monoisotopic (exact) mass is 351 g/mol. The maximum Gasteiger partial charge on any atom is 0.179 e. The SMILES string of the molecule is COCCOCCOc1ccc(C(N)=S)c(Br)c1F. The molecule has 0 amide bonds. The van der Waals surface area contributed by atoms with Crippen LogP contribution in [0.1, 0.15) is 5.56 Å². The van der Waals surface area contributed by atoms with E-state index in [4.69, 9.17) is 32.2 Å². The summed E-state index contributed by atoms with van der Waals surface area (Å²) in [6, 6.07) is 3.10. The van der Waals surface area contributed by atoms with Crippen molar-refractivity contribution < 1.29 is 18.6 Å². The lowest BCUT2D eigenvalue weighted by Gasteiger charge is -2.10. The van der Waals surface area contributed by atoms with Crippen molar-refractivity contribution in [2.45, 2.75) is 0 Å². The van der Waals surface area contributed by atoms with Gasteiger partial charge in [0, 0.05) is 12.7 Å². The Morgan fingerprint density at radius 1 is 1.32 bits per heavy atom. The van der Waals surface area contributed by atoms with Crippen LogP contribution in [0.3, 0.4) is 0 Å². The first-order valence-corrected chi connectivity index (χ1v) is 6.75.